The first kappa shape index (κ1) is 11.9. The second-order valence-corrected chi connectivity index (χ2v) is 6.03. The zero-order valence-corrected chi connectivity index (χ0v) is 11.7. The van der Waals surface area contributed by atoms with Gasteiger partial charge in [-0.1, -0.05) is 0 Å². The highest BCUT2D eigenvalue weighted by atomic mass is 32.1. The van der Waals surface area contributed by atoms with E-state index < -0.39 is 0 Å². The fourth-order valence-corrected chi connectivity index (χ4v) is 3.74. The lowest BCUT2D eigenvalue weighted by Gasteiger charge is -2.23. The van der Waals surface area contributed by atoms with Gasteiger partial charge in [0.1, 0.15) is 5.01 Å². The van der Waals surface area contributed by atoms with E-state index in [9.17, 15) is 0 Å². The lowest BCUT2D eigenvalue weighted by molar-refractivity contribution is 0.521. The Morgan fingerprint density at radius 3 is 3.11 bits per heavy atom. The Labute approximate surface area is 112 Å². The van der Waals surface area contributed by atoms with Crippen LogP contribution >= 0.6 is 11.3 Å². The zero-order valence-electron chi connectivity index (χ0n) is 10.9. The summed E-state index contributed by atoms with van der Waals surface area (Å²) in [5.41, 5.74) is 10.3. The quantitative estimate of drug-likeness (QED) is 0.902. The smallest absolute Gasteiger partial charge is 0.115 e. The number of rotatable bonds is 2. The highest BCUT2D eigenvalue weighted by molar-refractivity contribution is 7.09. The minimum Gasteiger partial charge on any atom is -0.339 e. The van der Waals surface area contributed by atoms with Crippen LogP contribution in [0.2, 0.25) is 0 Å². The predicted octanol–water partition coefficient (Wildman–Crippen LogP) is 3.20. The molecule has 0 spiro atoms. The molecule has 2 aromatic rings. The second-order valence-electron chi connectivity index (χ2n) is 5.10. The summed E-state index contributed by atoms with van der Waals surface area (Å²) in [7, 11) is 0. The number of fused-ring (bicyclic) bond motifs is 1. The number of thiazole rings is 1. The van der Waals surface area contributed by atoms with Crippen molar-refractivity contribution in [3.05, 3.63) is 39.6 Å². The van der Waals surface area contributed by atoms with Gasteiger partial charge < -0.3 is 10.3 Å². The summed E-state index contributed by atoms with van der Waals surface area (Å²) in [6.45, 7) is 4.40. The maximum Gasteiger partial charge on any atom is 0.115 e. The summed E-state index contributed by atoms with van der Waals surface area (Å²) in [4.78, 5) is 4.45. The van der Waals surface area contributed by atoms with Crippen molar-refractivity contribution in [3.63, 3.8) is 0 Å². The molecule has 0 aromatic carbocycles. The van der Waals surface area contributed by atoms with E-state index in [1.807, 2.05) is 11.6 Å². The van der Waals surface area contributed by atoms with Crippen LogP contribution in [0.4, 0.5) is 0 Å². The Morgan fingerprint density at radius 2 is 2.39 bits per heavy atom. The van der Waals surface area contributed by atoms with Crippen molar-refractivity contribution < 1.29 is 0 Å². The van der Waals surface area contributed by atoms with E-state index in [0.29, 0.717) is 6.04 Å². The van der Waals surface area contributed by atoms with E-state index in [-0.39, 0.29) is 6.04 Å². The summed E-state index contributed by atoms with van der Waals surface area (Å²) in [5, 5.41) is 3.22. The number of nitrogens with two attached hydrogens (primary N) is 1. The maximum absolute atomic E-state index is 6.22. The number of aryl methyl sites for hydroxylation is 1. The van der Waals surface area contributed by atoms with Crippen molar-refractivity contribution in [2.24, 2.45) is 5.73 Å². The summed E-state index contributed by atoms with van der Waals surface area (Å²) in [5.74, 6) is 0. The Kier molecular flexibility index (Phi) is 2.99. The Morgan fingerprint density at radius 1 is 1.56 bits per heavy atom. The standard InChI is InChI=1S/C14H19N3S/c1-9-8-11-12(15)4-3-5-13(11)17(9)10(2)14-16-6-7-18-14/h6-8,10,12H,3-5,15H2,1-2H3. The molecule has 3 rings (SSSR count). The van der Waals surface area contributed by atoms with Gasteiger partial charge in [-0.25, -0.2) is 4.98 Å². The van der Waals surface area contributed by atoms with E-state index >= 15 is 0 Å². The van der Waals surface area contributed by atoms with Crippen molar-refractivity contribution in [1.82, 2.24) is 9.55 Å². The molecule has 0 radical (unpaired) electrons. The summed E-state index contributed by atoms with van der Waals surface area (Å²) in [6, 6.07) is 2.81. The number of aromatic nitrogens is 2. The van der Waals surface area contributed by atoms with Crippen LogP contribution in [0.15, 0.2) is 17.6 Å². The van der Waals surface area contributed by atoms with E-state index in [1.165, 1.54) is 28.4 Å². The van der Waals surface area contributed by atoms with Gasteiger partial charge in [-0.15, -0.1) is 11.3 Å². The van der Waals surface area contributed by atoms with Gasteiger partial charge in [0, 0.05) is 29.0 Å². The molecule has 4 heteroatoms. The van der Waals surface area contributed by atoms with Gasteiger partial charge in [-0.2, -0.15) is 0 Å². The van der Waals surface area contributed by atoms with Crippen molar-refractivity contribution in [1.29, 1.82) is 0 Å². The average molecular weight is 261 g/mol. The second kappa shape index (κ2) is 4.52. The van der Waals surface area contributed by atoms with Crippen molar-refractivity contribution in [2.45, 2.75) is 45.2 Å². The molecule has 0 amide bonds. The zero-order chi connectivity index (χ0) is 12.7. The molecular weight excluding hydrogens is 242 g/mol. The Hall–Kier alpha value is -1.13. The van der Waals surface area contributed by atoms with Crippen LogP contribution in [-0.2, 0) is 6.42 Å². The summed E-state index contributed by atoms with van der Waals surface area (Å²) in [6.07, 6.45) is 5.34. The average Bonchev–Trinajstić information content (AvgIpc) is 2.96. The van der Waals surface area contributed by atoms with Crippen LogP contribution < -0.4 is 5.73 Å². The summed E-state index contributed by atoms with van der Waals surface area (Å²) >= 11 is 1.73. The Balaban J connectivity index is 2.07. The Bertz CT molecular complexity index is 542. The van der Waals surface area contributed by atoms with Crippen molar-refractivity contribution in [3.8, 4) is 0 Å². The van der Waals surface area contributed by atoms with Crippen molar-refractivity contribution >= 4 is 11.3 Å². The molecule has 0 bridgehead atoms. The molecule has 2 unspecified atom stereocenters. The highest BCUT2D eigenvalue weighted by Gasteiger charge is 2.25. The number of nitrogens with zero attached hydrogens (tertiary/aromatic N) is 2. The van der Waals surface area contributed by atoms with Crippen LogP contribution in [0.1, 0.15) is 53.8 Å². The highest BCUT2D eigenvalue weighted by Crippen LogP contribution is 2.34. The third-order valence-electron chi connectivity index (χ3n) is 3.89. The fraction of sp³-hybridized carbons (Fsp3) is 0.500. The number of hydrogen-bond donors (Lipinski definition) is 1. The predicted molar refractivity (Wildman–Crippen MR) is 75.0 cm³/mol. The first-order valence-corrected chi connectivity index (χ1v) is 7.42. The molecule has 96 valence electrons. The SMILES string of the molecule is Cc1cc2c(n1C(C)c1nccs1)CCCC2N. The molecule has 3 nitrogen and oxygen atoms in total. The molecule has 2 N–H and O–H groups in total. The molecular formula is C14H19N3S. The molecule has 0 aliphatic heterocycles. The van der Waals surface area contributed by atoms with E-state index in [4.69, 9.17) is 5.73 Å². The molecule has 18 heavy (non-hydrogen) atoms. The van der Waals surface area contributed by atoms with Crippen LogP contribution in [0, 0.1) is 6.92 Å². The van der Waals surface area contributed by atoms with Crippen molar-refractivity contribution in [2.75, 3.05) is 0 Å². The molecule has 2 aromatic heterocycles. The first-order valence-electron chi connectivity index (χ1n) is 6.54. The van der Waals surface area contributed by atoms with Gasteiger partial charge in [-0.3, -0.25) is 0 Å². The molecule has 0 fully saturated rings. The third-order valence-corrected chi connectivity index (χ3v) is 4.84. The molecule has 0 saturated heterocycles. The van der Waals surface area contributed by atoms with Gasteiger partial charge in [0.05, 0.1) is 6.04 Å². The largest absolute Gasteiger partial charge is 0.339 e. The maximum atomic E-state index is 6.22. The normalized spacial score (nSPS) is 20.7. The number of hydrogen-bond acceptors (Lipinski definition) is 3. The molecule has 0 saturated carbocycles. The third kappa shape index (κ3) is 1.80. The van der Waals surface area contributed by atoms with Gasteiger partial charge in [-0.05, 0) is 44.7 Å². The first-order chi connectivity index (χ1) is 8.68. The fourth-order valence-electron chi connectivity index (χ4n) is 3.05. The van der Waals surface area contributed by atoms with E-state index in [2.05, 4.69) is 29.5 Å². The molecule has 2 heterocycles. The van der Waals surface area contributed by atoms with Crippen LogP contribution in [0.5, 0.6) is 0 Å². The lowest BCUT2D eigenvalue weighted by atomic mass is 9.93. The summed E-state index contributed by atoms with van der Waals surface area (Å²) < 4.78 is 2.42. The van der Waals surface area contributed by atoms with Crippen LogP contribution in [0.25, 0.3) is 0 Å². The van der Waals surface area contributed by atoms with E-state index in [0.717, 1.165) is 12.8 Å². The van der Waals surface area contributed by atoms with Crippen LogP contribution in [-0.4, -0.2) is 9.55 Å². The van der Waals surface area contributed by atoms with Gasteiger partial charge in [0.25, 0.3) is 0 Å². The monoisotopic (exact) mass is 261 g/mol. The molecule has 2 atom stereocenters. The molecule has 1 aliphatic rings. The van der Waals surface area contributed by atoms with Crippen LogP contribution in [0.3, 0.4) is 0 Å². The van der Waals surface area contributed by atoms with Gasteiger partial charge in [0.2, 0.25) is 0 Å². The minimum atomic E-state index is 0.220. The molecule has 1 aliphatic carbocycles. The topological polar surface area (TPSA) is 43.8 Å². The minimum absolute atomic E-state index is 0.220. The van der Waals surface area contributed by atoms with Gasteiger partial charge >= 0.3 is 0 Å². The van der Waals surface area contributed by atoms with Gasteiger partial charge in [0.15, 0.2) is 0 Å². The van der Waals surface area contributed by atoms with E-state index in [1.54, 1.807) is 11.3 Å². The lowest BCUT2D eigenvalue weighted by Crippen LogP contribution is -2.20.